The van der Waals surface area contributed by atoms with Gasteiger partial charge in [0.25, 0.3) is 0 Å². The number of ether oxygens (including phenoxy) is 3. The second kappa shape index (κ2) is 55.4. The molecule has 6 nitrogen and oxygen atoms in total. The zero-order chi connectivity index (χ0) is 48.6. The van der Waals surface area contributed by atoms with Crippen molar-refractivity contribution in [1.82, 2.24) is 0 Å². The number of hydrogen-bond acceptors (Lipinski definition) is 6. The normalized spacial score (nSPS) is 12.2. The minimum absolute atomic E-state index is 0.0951. The predicted molar refractivity (Wildman–Crippen MR) is 288 cm³/mol. The zero-order valence-corrected chi connectivity index (χ0v) is 44.2. The number of esters is 3. The van der Waals surface area contributed by atoms with E-state index in [1.165, 1.54) is 154 Å². The molecule has 0 aromatic carbocycles. The molecule has 0 amide bonds. The highest BCUT2D eigenvalue weighted by molar-refractivity contribution is 5.71. The van der Waals surface area contributed by atoms with Crippen molar-refractivity contribution in [2.24, 2.45) is 0 Å². The molecule has 0 N–H and O–H groups in total. The first-order chi connectivity index (χ1) is 33.0. The van der Waals surface area contributed by atoms with Gasteiger partial charge >= 0.3 is 17.9 Å². The lowest BCUT2D eigenvalue weighted by atomic mass is 10.1. The van der Waals surface area contributed by atoms with Gasteiger partial charge in [-0.05, 0) is 109 Å². The van der Waals surface area contributed by atoms with Crippen molar-refractivity contribution in [1.29, 1.82) is 0 Å². The molecule has 0 spiro atoms. The van der Waals surface area contributed by atoms with Crippen LogP contribution in [0, 0.1) is 0 Å². The van der Waals surface area contributed by atoms with Gasteiger partial charge in [0, 0.05) is 19.3 Å². The lowest BCUT2D eigenvalue weighted by molar-refractivity contribution is -0.167. The van der Waals surface area contributed by atoms with Crippen LogP contribution in [-0.2, 0) is 28.6 Å². The largest absolute Gasteiger partial charge is 0.462 e. The van der Waals surface area contributed by atoms with E-state index in [2.05, 4.69) is 93.7 Å². The number of carbonyl (C=O) groups is 3. The van der Waals surface area contributed by atoms with Gasteiger partial charge in [-0.2, -0.15) is 0 Å². The van der Waals surface area contributed by atoms with Crippen molar-refractivity contribution in [2.45, 2.75) is 284 Å². The van der Waals surface area contributed by atoms with Crippen molar-refractivity contribution in [3.05, 3.63) is 72.9 Å². The molecule has 0 aliphatic heterocycles. The van der Waals surface area contributed by atoms with E-state index in [0.717, 1.165) is 77.0 Å². The average Bonchev–Trinajstić information content (AvgIpc) is 3.33. The van der Waals surface area contributed by atoms with E-state index >= 15 is 0 Å². The van der Waals surface area contributed by atoms with Crippen LogP contribution in [0.2, 0.25) is 0 Å². The van der Waals surface area contributed by atoms with Gasteiger partial charge in [0.15, 0.2) is 6.10 Å². The maximum Gasteiger partial charge on any atom is 0.306 e. The molecule has 0 heterocycles. The van der Waals surface area contributed by atoms with E-state index in [4.69, 9.17) is 14.2 Å². The number of unbranched alkanes of at least 4 members (excludes halogenated alkanes) is 28. The van der Waals surface area contributed by atoms with Crippen molar-refractivity contribution in [3.8, 4) is 0 Å². The minimum Gasteiger partial charge on any atom is -0.462 e. The first-order valence-electron chi connectivity index (χ1n) is 28.4. The van der Waals surface area contributed by atoms with Gasteiger partial charge in [0.2, 0.25) is 0 Å². The third-order valence-corrected chi connectivity index (χ3v) is 12.2. The Morgan fingerprint density at radius 1 is 0.313 bits per heavy atom. The molecule has 0 aliphatic carbocycles. The fourth-order valence-electron chi connectivity index (χ4n) is 7.89. The van der Waals surface area contributed by atoms with Crippen molar-refractivity contribution < 1.29 is 28.6 Å². The summed E-state index contributed by atoms with van der Waals surface area (Å²) in [7, 11) is 0. The first-order valence-corrected chi connectivity index (χ1v) is 28.4. The van der Waals surface area contributed by atoms with Crippen LogP contribution in [0.3, 0.4) is 0 Å². The number of rotatable bonds is 51. The molecule has 0 saturated carbocycles. The molecule has 0 fully saturated rings. The second-order valence-corrected chi connectivity index (χ2v) is 18.8. The maximum atomic E-state index is 12.8. The van der Waals surface area contributed by atoms with Crippen LogP contribution in [0.1, 0.15) is 278 Å². The Labute approximate surface area is 414 Å². The lowest BCUT2D eigenvalue weighted by Gasteiger charge is -2.18. The quantitative estimate of drug-likeness (QED) is 0.0262. The molecule has 67 heavy (non-hydrogen) atoms. The van der Waals surface area contributed by atoms with Crippen molar-refractivity contribution >= 4 is 17.9 Å². The maximum absolute atomic E-state index is 12.8. The average molecular weight is 936 g/mol. The fraction of sp³-hybridized carbons (Fsp3) is 0.754. The monoisotopic (exact) mass is 935 g/mol. The van der Waals surface area contributed by atoms with E-state index < -0.39 is 6.10 Å². The van der Waals surface area contributed by atoms with Gasteiger partial charge in [-0.15, -0.1) is 0 Å². The fourth-order valence-corrected chi connectivity index (χ4v) is 7.89. The third-order valence-electron chi connectivity index (χ3n) is 12.2. The Kier molecular flexibility index (Phi) is 52.8. The van der Waals surface area contributed by atoms with Crippen LogP contribution in [0.15, 0.2) is 72.9 Å². The summed E-state index contributed by atoms with van der Waals surface area (Å²) in [5.41, 5.74) is 0. The topological polar surface area (TPSA) is 78.9 Å². The standard InChI is InChI=1S/C61H106O6/c1-4-7-10-13-16-19-22-25-28-30-33-35-38-41-44-47-50-53-59(62)65-56-58(67-61(64)55-52-49-46-43-40-37-32-27-24-21-18-15-12-9-6-3)57-66-60(63)54-51-48-45-42-39-36-34-31-29-26-23-20-17-14-11-8-5-2/h9,12,18,21,25-29,32,40,43,58H,4-8,10-11,13-17,19-20,22-24,30-31,33-39,41-42,44-57H2,1-3H3/b12-9-,21-18-,28-25-,29-26-,32-27-,43-40-. The highest BCUT2D eigenvalue weighted by atomic mass is 16.6. The Bertz CT molecular complexity index is 1200. The van der Waals surface area contributed by atoms with Crippen LogP contribution >= 0.6 is 0 Å². The summed E-state index contributed by atoms with van der Waals surface area (Å²) in [6, 6.07) is 0. The molecular formula is C61H106O6. The zero-order valence-electron chi connectivity index (χ0n) is 44.2. The summed E-state index contributed by atoms with van der Waals surface area (Å²) in [4.78, 5) is 38.1. The minimum atomic E-state index is -0.800. The summed E-state index contributed by atoms with van der Waals surface area (Å²) in [5.74, 6) is -0.938. The number of carbonyl (C=O) groups excluding carboxylic acids is 3. The summed E-state index contributed by atoms with van der Waals surface area (Å²) in [6.45, 7) is 6.49. The molecule has 386 valence electrons. The van der Waals surface area contributed by atoms with Gasteiger partial charge in [-0.25, -0.2) is 0 Å². The van der Waals surface area contributed by atoms with E-state index in [9.17, 15) is 14.4 Å². The molecule has 0 radical (unpaired) electrons. The van der Waals surface area contributed by atoms with Gasteiger partial charge < -0.3 is 14.2 Å². The molecule has 0 atom stereocenters. The van der Waals surface area contributed by atoms with E-state index in [1.54, 1.807) is 0 Å². The smallest absolute Gasteiger partial charge is 0.306 e. The Morgan fingerprint density at radius 2 is 0.582 bits per heavy atom. The molecule has 0 aromatic heterocycles. The highest BCUT2D eigenvalue weighted by Gasteiger charge is 2.19. The van der Waals surface area contributed by atoms with Crippen molar-refractivity contribution in [2.75, 3.05) is 13.2 Å². The second-order valence-electron chi connectivity index (χ2n) is 18.8. The molecule has 0 unspecified atom stereocenters. The highest BCUT2D eigenvalue weighted by Crippen LogP contribution is 2.15. The van der Waals surface area contributed by atoms with Crippen LogP contribution in [0.5, 0.6) is 0 Å². The molecule has 0 bridgehead atoms. The van der Waals surface area contributed by atoms with Crippen LogP contribution < -0.4 is 0 Å². The summed E-state index contributed by atoms with van der Waals surface area (Å²) in [6.07, 6.45) is 70.3. The van der Waals surface area contributed by atoms with Gasteiger partial charge in [0.05, 0.1) is 0 Å². The van der Waals surface area contributed by atoms with Crippen LogP contribution in [0.4, 0.5) is 0 Å². The van der Waals surface area contributed by atoms with Gasteiger partial charge in [0.1, 0.15) is 13.2 Å². The van der Waals surface area contributed by atoms with Crippen molar-refractivity contribution in [3.63, 3.8) is 0 Å². The summed E-state index contributed by atoms with van der Waals surface area (Å²) in [5, 5.41) is 0. The lowest BCUT2D eigenvalue weighted by Crippen LogP contribution is -2.30. The Hall–Kier alpha value is -3.15. The van der Waals surface area contributed by atoms with Gasteiger partial charge in [-0.1, -0.05) is 222 Å². The van der Waals surface area contributed by atoms with E-state index in [-0.39, 0.29) is 37.5 Å². The third kappa shape index (κ3) is 53.7. The van der Waals surface area contributed by atoms with E-state index in [1.807, 2.05) is 0 Å². The molecular weight excluding hydrogens is 829 g/mol. The Balaban J connectivity index is 4.43. The number of allylic oxidation sites excluding steroid dienone is 12. The van der Waals surface area contributed by atoms with Crippen LogP contribution in [-0.4, -0.2) is 37.2 Å². The molecule has 0 aromatic rings. The summed E-state index contributed by atoms with van der Waals surface area (Å²) >= 11 is 0. The molecule has 0 aliphatic rings. The van der Waals surface area contributed by atoms with E-state index in [0.29, 0.717) is 19.3 Å². The van der Waals surface area contributed by atoms with Crippen LogP contribution in [0.25, 0.3) is 0 Å². The number of hydrogen-bond donors (Lipinski definition) is 0. The molecule has 0 saturated heterocycles. The Morgan fingerprint density at radius 3 is 0.955 bits per heavy atom. The molecule has 6 heteroatoms. The first kappa shape index (κ1) is 63.8. The summed E-state index contributed by atoms with van der Waals surface area (Å²) < 4.78 is 16.8. The predicted octanol–water partition coefficient (Wildman–Crippen LogP) is 19.0. The van der Waals surface area contributed by atoms with Gasteiger partial charge in [-0.3, -0.25) is 14.4 Å². The molecule has 0 rings (SSSR count). The SMILES string of the molecule is CC/C=C\C/C=C\C/C=C\C/C=C\CCCCC(=O)OC(COC(=O)CCCCCCCCC/C=C\CCCCCCCC)COC(=O)CCCCCCCCC/C=C\CCCCCCCC.